The second-order valence-corrected chi connectivity index (χ2v) is 6.19. The number of hydrogen-bond acceptors (Lipinski definition) is 3. The van der Waals surface area contributed by atoms with Gasteiger partial charge >= 0.3 is 0 Å². The van der Waals surface area contributed by atoms with E-state index < -0.39 is 0 Å². The van der Waals surface area contributed by atoms with E-state index in [1.165, 1.54) is 6.07 Å². The monoisotopic (exact) mass is 306 g/mol. The molecule has 0 aliphatic carbocycles. The van der Waals surface area contributed by atoms with Gasteiger partial charge in [0.2, 0.25) is 5.91 Å². The van der Waals surface area contributed by atoms with E-state index in [0.29, 0.717) is 31.8 Å². The minimum Gasteiger partial charge on any atom is -0.375 e. The van der Waals surface area contributed by atoms with Gasteiger partial charge in [0.05, 0.1) is 18.8 Å². The first-order chi connectivity index (χ1) is 10.6. The number of nitrogens with zero attached hydrogens (tertiary/aromatic N) is 2. The van der Waals surface area contributed by atoms with E-state index in [0.717, 1.165) is 19.4 Å². The molecule has 0 aromatic heterocycles. The van der Waals surface area contributed by atoms with Crippen LogP contribution in [0.25, 0.3) is 0 Å². The van der Waals surface area contributed by atoms with E-state index in [4.69, 9.17) is 4.74 Å². The van der Waals surface area contributed by atoms with Gasteiger partial charge in [0.25, 0.3) is 0 Å². The highest BCUT2D eigenvalue weighted by molar-refractivity contribution is 5.82. The van der Waals surface area contributed by atoms with Crippen LogP contribution in [-0.4, -0.2) is 54.1 Å². The largest absolute Gasteiger partial charge is 0.375 e. The lowest BCUT2D eigenvalue weighted by Crippen LogP contribution is -2.51. The maximum atomic E-state index is 13.8. The van der Waals surface area contributed by atoms with Gasteiger partial charge in [0, 0.05) is 25.2 Å². The van der Waals surface area contributed by atoms with E-state index >= 15 is 0 Å². The predicted octanol–water partition coefficient (Wildman–Crippen LogP) is 2.04. The maximum absolute atomic E-state index is 13.8. The third-order valence-electron chi connectivity index (χ3n) is 4.53. The van der Waals surface area contributed by atoms with Crippen LogP contribution in [0.1, 0.15) is 25.3 Å². The van der Waals surface area contributed by atoms with Gasteiger partial charge in [-0.3, -0.25) is 9.69 Å². The number of morpholine rings is 1. The third-order valence-corrected chi connectivity index (χ3v) is 4.53. The minimum absolute atomic E-state index is 0.0964. The Kier molecular flexibility index (Phi) is 4.74. The van der Waals surface area contributed by atoms with Crippen molar-refractivity contribution < 1.29 is 13.9 Å². The van der Waals surface area contributed by atoms with Crippen molar-refractivity contribution in [1.29, 1.82) is 0 Å². The Labute approximate surface area is 130 Å². The van der Waals surface area contributed by atoms with Gasteiger partial charge < -0.3 is 9.64 Å². The number of carbonyl (C=O) groups excluding carboxylic acids is 1. The van der Waals surface area contributed by atoms with Gasteiger partial charge in [-0.1, -0.05) is 18.2 Å². The Morgan fingerprint density at radius 2 is 2.18 bits per heavy atom. The number of carbonyl (C=O) groups is 1. The van der Waals surface area contributed by atoms with Gasteiger partial charge in [0.15, 0.2) is 0 Å². The van der Waals surface area contributed by atoms with Crippen molar-refractivity contribution in [2.75, 3.05) is 26.2 Å². The molecule has 22 heavy (non-hydrogen) atoms. The molecule has 2 atom stereocenters. The van der Waals surface area contributed by atoms with Crippen molar-refractivity contribution in [3.63, 3.8) is 0 Å². The standard InChI is InChI=1S/C17H23FN2O2/c1-13-11-20(9-10-22-13)17(21)16-7-4-8-19(16)12-14-5-2-3-6-15(14)18/h2-3,5-6,13,16H,4,7-12H2,1H3. The SMILES string of the molecule is CC1CN(C(=O)C2CCCN2Cc2ccccc2F)CCO1. The molecular weight excluding hydrogens is 283 g/mol. The molecule has 4 nitrogen and oxygen atoms in total. The summed E-state index contributed by atoms with van der Waals surface area (Å²) in [6.07, 6.45) is 1.95. The van der Waals surface area contributed by atoms with Crippen LogP contribution in [-0.2, 0) is 16.1 Å². The molecule has 2 fully saturated rings. The summed E-state index contributed by atoms with van der Waals surface area (Å²) in [5.41, 5.74) is 0.664. The molecule has 0 N–H and O–H groups in total. The van der Waals surface area contributed by atoms with Crippen molar-refractivity contribution in [3.05, 3.63) is 35.6 Å². The molecule has 0 spiro atoms. The molecule has 3 rings (SSSR count). The van der Waals surface area contributed by atoms with Crippen molar-refractivity contribution >= 4 is 5.91 Å². The predicted molar refractivity (Wildman–Crippen MR) is 81.8 cm³/mol. The topological polar surface area (TPSA) is 32.8 Å². The highest BCUT2D eigenvalue weighted by Gasteiger charge is 2.35. The first-order valence-corrected chi connectivity index (χ1v) is 8.03. The number of likely N-dealkylation sites (tertiary alicyclic amines) is 1. The first-order valence-electron chi connectivity index (χ1n) is 8.03. The first kappa shape index (κ1) is 15.4. The molecule has 1 amide bonds. The Bertz CT molecular complexity index is 537. The number of rotatable bonds is 3. The van der Waals surface area contributed by atoms with Crippen LogP contribution in [0.2, 0.25) is 0 Å². The molecular formula is C17H23FN2O2. The van der Waals surface area contributed by atoms with Gasteiger partial charge in [0.1, 0.15) is 5.82 Å². The summed E-state index contributed by atoms with van der Waals surface area (Å²) in [4.78, 5) is 16.8. The van der Waals surface area contributed by atoms with Gasteiger partial charge in [-0.25, -0.2) is 4.39 Å². The van der Waals surface area contributed by atoms with E-state index in [9.17, 15) is 9.18 Å². The van der Waals surface area contributed by atoms with Crippen molar-refractivity contribution in [2.45, 2.75) is 38.5 Å². The number of ether oxygens (including phenoxy) is 1. The lowest BCUT2D eigenvalue weighted by atomic mass is 10.1. The highest BCUT2D eigenvalue weighted by Crippen LogP contribution is 2.23. The average molecular weight is 306 g/mol. The zero-order chi connectivity index (χ0) is 15.5. The molecule has 2 saturated heterocycles. The molecule has 120 valence electrons. The highest BCUT2D eigenvalue weighted by atomic mass is 19.1. The lowest BCUT2D eigenvalue weighted by Gasteiger charge is -2.35. The summed E-state index contributed by atoms with van der Waals surface area (Å²) < 4.78 is 19.3. The normalized spacial score (nSPS) is 26.4. The van der Waals surface area contributed by atoms with Gasteiger partial charge in [-0.05, 0) is 32.4 Å². The Morgan fingerprint density at radius 1 is 1.36 bits per heavy atom. The van der Waals surface area contributed by atoms with E-state index in [2.05, 4.69) is 4.90 Å². The average Bonchev–Trinajstić information content (AvgIpc) is 2.97. The van der Waals surface area contributed by atoms with Crippen LogP contribution in [0, 0.1) is 5.82 Å². The Morgan fingerprint density at radius 3 is 2.95 bits per heavy atom. The van der Waals surface area contributed by atoms with E-state index in [1.54, 1.807) is 12.1 Å². The molecule has 0 radical (unpaired) electrons. The van der Waals surface area contributed by atoms with Crippen molar-refractivity contribution in [1.82, 2.24) is 9.80 Å². The molecule has 0 saturated carbocycles. The Balaban J connectivity index is 1.67. The van der Waals surface area contributed by atoms with Crippen LogP contribution in [0.3, 0.4) is 0 Å². The molecule has 0 bridgehead atoms. The molecule has 2 unspecified atom stereocenters. The van der Waals surface area contributed by atoms with Crippen molar-refractivity contribution in [2.24, 2.45) is 0 Å². The van der Waals surface area contributed by atoms with E-state index in [-0.39, 0.29) is 23.9 Å². The summed E-state index contributed by atoms with van der Waals surface area (Å²) in [5.74, 6) is -0.0235. The second-order valence-electron chi connectivity index (χ2n) is 6.19. The van der Waals surface area contributed by atoms with Crippen LogP contribution >= 0.6 is 0 Å². The number of hydrogen-bond donors (Lipinski definition) is 0. The smallest absolute Gasteiger partial charge is 0.240 e. The Hall–Kier alpha value is -1.46. The van der Waals surface area contributed by atoms with E-state index in [1.807, 2.05) is 17.9 Å². The van der Waals surface area contributed by atoms with Crippen LogP contribution in [0.5, 0.6) is 0 Å². The number of halogens is 1. The molecule has 2 aliphatic heterocycles. The summed E-state index contributed by atoms with van der Waals surface area (Å²) in [5, 5.41) is 0. The molecule has 1 aromatic carbocycles. The zero-order valence-electron chi connectivity index (χ0n) is 13.0. The molecule has 2 aliphatic rings. The maximum Gasteiger partial charge on any atom is 0.240 e. The fourth-order valence-corrected chi connectivity index (χ4v) is 3.37. The summed E-state index contributed by atoms with van der Waals surface area (Å²) >= 11 is 0. The number of benzene rings is 1. The zero-order valence-corrected chi connectivity index (χ0v) is 13.0. The summed E-state index contributed by atoms with van der Waals surface area (Å²) in [6, 6.07) is 6.69. The third kappa shape index (κ3) is 3.31. The summed E-state index contributed by atoms with van der Waals surface area (Å²) in [7, 11) is 0. The number of amides is 1. The van der Waals surface area contributed by atoms with Crippen molar-refractivity contribution in [3.8, 4) is 0 Å². The minimum atomic E-state index is -0.194. The fraction of sp³-hybridized carbons (Fsp3) is 0.588. The van der Waals surface area contributed by atoms with Crippen LogP contribution in [0.15, 0.2) is 24.3 Å². The van der Waals surface area contributed by atoms with Crippen LogP contribution < -0.4 is 0 Å². The van der Waals surface area contributed by atoms with Gasteiger partial charge in [-0.2, -0.15) is 0 Å². The molecule has 2 heterocycles. The fourth-order valence-electron chi connectivity index (χ4n) is 3.37. The quantitative estimate of drug-likeness (QED) is 0.857. The van der Waals surface area contributed by atoms with Gasteiger partial charge in [-0.15, -0.1) is 0 Å². The summed E-state index contributed by atoms with van der Waals surface area (Å²) in [6.45, 7) is 5.27. The van der Waals surface area contributed by atoms with Crippen LogP contribution in [0.4, 0.5) is 4.39 Å². The molecule has 5 heteroatoms. The second kappa shape index (κ2) is 6.75. The molecule has 1 aromatic rings. The lowest BCUT2D eigenvalue weighted by molar-refractivity contribution is -0.143.